The highest BCUT2D eigenvalue weighted by molar-refractivity contribution is 7.92. The van der Waals surface area contributed by atoms with E-state index in [4.69, 9.17) is 9.47 Å². The van der Waals surface area contributed by atoms with Gasteiger partial charge in [-0.25, -0.2) is 8.42 Å². The number of nitrogens with one attached hydrogen (secondary N) is 1. The van der Waals surface area contributed by atoms with Gasteiger partial charge >= 0.3 is 0 Å². The van der Waals surface area contributed by atoms with Crippen molar-refractivity contribution in [2.24, 2.45) is 5.92 Å². The monoisotopic (exact) mass is 618 g/mol. The normalized spacial score (nSPS) is 21.2. The Morgan fingerprint density at radius 3 is 2.32 bits per heavy atom. The number of hydrogen-bond acceptors (Lipinski definition) is 8. The van der Waals surface area contributed by atoms with Crippen LogP contribution in [-0.4, -0.2) is 54.9 Å². The first-order chi connectivity index (χ1) is 21.1. The number of benzene rings is 4. The van der Waals surface area contributed by atoms with Gasteiger partial charge in [-0.3, -0.25) is 4.72 Å². The first-order valence-corrected chi connectivity index (χ1v) is 16.0. The molecule has 1 fully saturated rings. The van der Waals surface area contributed by atoms with E-state index in [1.165, 1.54) is 12.1 Å². The Hall–Kier alpha value is -3.77. The Kier molecular flexibility index (Phi) is 10.00. The summed E-state index contributed by atoms with van der Waals surface area (Å²) in [7, 11) is -1.89. The second kappa shape index (κ2) is 13.9. The summed E-state index contributed by atoms with van der Waals surface area (Å²) in [6, 6.07) is 29.3. The zero-order chi connectivity index (χ0) is 31.3. The van der Waals surface area contributed by atoms with Crippen molar-refractivity contribution < 1.29 is 33.2 Å². The van der Waals surface area contributed by atoms with Crippen LogP contribution in [0.5, 0.6) is 5.75 Å². The molecule has 4 aromatic carbocycles. The topological polar surface area (TPSA) is 129 Å². The Morgan fingerprint density at radius 2 is 1.61 bits per heavy atom. The third-order valence-corrected chi connectivity index (χ3v) is 9.22. The van der Waals surface area contributed by atoms with Crippen LogP contribution < -0.4 is 4.72 Å². The van der Waals surface area contributed by atoms with Gasteiger partial charge in [-0.2, -0.15) is 0 Å². The molecule has 10 heteroatoms. The van der Waals surface area contributed by atoms with E-state index in [1.54, 1.807) is 60.7 Å². The minimum absolute atomic E-state index is 0.0618. The largest absolute Gasteiger partial charge is 0.508 e. The van der Waals surface area contributed by atoms with E-state index in [9.17, 15) is 23.7 Å². The van der Waals surface area contributed by atoms with Gasteiger partial charge in [-0.05, 0) is 60.1 Å². The molecule has 0 saturated carbocycles. The van der Waals surface area contributed by atoms with Crippen molar-refractivity contribution in [3.8, 4) is 5.75 Å². The predicted octanol–water partition coefficient (Wildman–Crippen LogP) is 5.14. The van der Waals surface area contributed by atoms with Crippen molar-refractivity contribution in [2.45, 2.75) is 43.0 Å². The smallest absolute Gasteiger partial charge is 0.261 e. The summed E-state index contributed by atoms with van der Waals surface area (Å²) in [5.41, 5.74) is 3.36. The fourth-order valence-corrected chi connectivity index (χ4v) is 6.48. The highest BCUT2D eigenvalue weighted by atomic mass is 32.2. The Morgan fingerprint density at radius 1 is 0.886 bits per heavy atom. The Balaban J connectivity index is 1.38. The van der Waals surface area contributed by atoms with Crippen LogP contribution in [0, 0.1) is 5.92 Å². The van der Waals surface area contributed by atoms with Crippen LogP contribution in [0.2, 0.25) is 0 Å². The van der Waals surface area contributed by atoms with Gasteiger partial charge in [0.05, 0.1) is 29.8 Å². The van der Waals surface area contributed by atoms with Crippen LogP contribution in [0.4, 0.5) is 5.69 Å². The minimum atomic E-state index is -3.79. The molecule has 0 bridgehead atoms. The van der Waals surface area contributed by atoms with Gasteiger partial charge in [0.25, 0.3) is 10.0 Å². The number of aliphatic hydroxyl groups is 2. The molecule has 232 valence electrons. The van der Waals surface area contributed by atoms with Gasteiger partial charge in [-0.15, -0.1) is 0 Å². The number of aromatic hydroxyl groups is 1. The van der Waals surface area contributed by atoms with E-state index in [2.05, 4.69) is 11.6 Å². The third kappa shape index (κ3) is 7.65. The molecule has 1 heterocycles. The summed E-state index contributed by atoms with van der Waals surface area (Å²) >= 11 is 0. The van der Waals surface area contributed by atoms with E-state index >= 15 is 0 Å². The van der Waals surface area contributed by atoms with Gasteiger partial charge in [-0.1, -0.05) is 73.7 Å². The van der Waals surface area contributed by atoms with Crippen LogP contribution in [0.1, 0.15) is 47.7 Å². The number of aliphatic hydroxyl groups excluding tert-OH is 2. The number of nitrogens with zero attached hydrogens (tertiary/aromatic N) is 1. The minimum Gasteiger partial charge on any atom is -0.508 e. The number of phenolic OH excluding ortho intramolecular Hbond substituents is 1. The van der Waals surface area contributed by atoms with Crippen molar-refractivity contribution in [2.75, 3.05) is 24.9 Å². The molecule has 0 amide bonds. The zero-order valence-electron chi connectivity index (χ0n) is 24.7. The van der Waals surface area contributed by atoms with Crippen LogP contribution >= 0.6 is 0 Å². The quantitative estimate of drug-likeness (QED) is 0.182. The molecule has 44 heavy (non-hydrogen) atoms. The van der Waals surface area contributed by atoms with Crippen molar-refractivity contribution in [3.63, 3.8) is 0 Å². The first-order valence-electron chi connectivity index (χ1n) is 14.5. The zero-order valence-corrected chi connectivity index (χ0v) is 25.5. The van der Waals surface area contributed by atoms with Gasteiger partial charge in [0.1, 0.15) is 5.75 Å². The summed E-state index contributed by atoms with van der Waals surface area (Å²) in [5.74, 6) is 0.00290. The number of rotatable bonds is 11. The van der Waals surface area contributed by atoms with Crippen LogP contribution in [-0.2, 0) is 26.1 Å². The number of sulfonamides is 1. The average molecular weight is 619 g/mol. The van der Waals surface area contributed by atoms with Gasteiger partial charge < -0.3 is 29.7 Å². The second-order valence-corrected chi connectivity index (χ2v) is 12.9. The summed E-state index contributed by atoms with van der Waals surface area (Å²) in [6.07, 6.45) is -2.29. The highest BCUT2D eigenvalue weighted by Crippen LogP contribution is 2.42. The lowest BCUT2D eigenvalue weighted by molar-refractivity contribution is -0.276. The predicted molar refractivity (Wildman–Crippen MR) is 167 cm³/mol. The molecule has 0 radical (unpaired) electrons. The van der Waals surface area contributed by atoms with Crippen molar-refractivity contribution in [1.29, 1.82) is 0 Å². The highest BCUT2D eigenvalue weighted by Gasteiger charge is 2.39. The first kappa shape index (κ1) is 31.6. The molecule has 9 nitrogen and oxygen atoms in total. The summed E-state index contributed by atoms with van der Waals surface area (Å²) in [5, 5.41) is 30.2. The van der Waals surface area contributed by atoms with Crippen molar-refractivity contribution in [3.05, 3.63) is 125 Å². The molecule has 1 aliphatic heterocycles. The number of ether oxygens (including phenoxy) is 2. The second-order valence-electron chi connectivity index (χ2n) is 11.2. The van der Waals surface area contributed by atoms with E-state index < -0.39 is 22.4 Å². The fourth-order valence-electron chi connectivity index (χ4n) is 5.40. The van der Waals surface area contributed by atoms with E-state index in [1.807, 2.05) is 42.3 Å². The molecule has 5 rings (SSSR count). The van der Waals surface area contributed by atoms with Gasteiger partial charge in [0, 0.05) is 30.3 Å². The van der Waals surface area contributed by atoms with Crippen LogP contribution in [0.15, 0.2) is 108 Å². The molecule has 5 atom stereocenters. The number of hydrogen-bond donors (Lipinski definition) is 4. The molecular formula is C34H38N2O7S. The van der Waals surface area contributed by atoms with Crippen molar-refractivity contribution >= 4 is 15.7 Å². The van der Waals surface area contributed by atoms with Crippen LogP contribution in [0.3, 0.4) is 0 Å². The molecule has 0 spiro atoms. The molecule has 1 saturated heterocycles. The maximum Gasteiger partial charge on any atom is 0.261 e. The van der Waals surface area contributed by atoms with E-state index in [-0.39, 0.29) is 35.4 Å². The number of phenols is 1. The number of likely N-dealkylation sites (N-methyl/N-ethyl adjacent to an activating group) is 1. The summed E-state index contributed by atoms with van der Waals surface area (Å²) < 4.78 is 41.6. The Bertz CT molecular complexity index is 1630. The SMILES string of the molecule is CC1C(CN(C)CC(O)c2cccc(O)c2)OC(c2cccc(NS(=O)(=O)c3ccccc3)c2)OC1c1ccc(CO)cc1. The Labute approximate surface area is 258 Å². The maximum absolute atomic E-state index is 13.0. The molecule has 5 unspecified atom stereocenters. The van der Waals surface area contributed by atoms with Crippen LogP contribution in [0.25, 0.3) is 0 Å². The molecule has 4 N–H and O–H groups in total. The standard InChI is InChI=1S/C34H38N2O7S/c1-23-32(21-36(2)20-31(39)26-8-7-11-29(38)19-26)42-34(43-33(23)25-16-14-24(22-37)15-17-25)27-9-6-10-28(18-27)35-44(40,41)30-12-4-3-5-13-30/h3-19,23,31-35,37-39H,20-22H2,1-2H3. The summed E-state index contributed by atoms with van der Waals surface area (Å²) in [4.78, 5) is 2.14. The lowest BCUT2D eigenvalue weighted by Gasteiger charge is -2.42. The average Bonchev–Trinajstić information content (AvgIpc) is 3.02. The molecule has 0 aromatic heterocycles. The maximum atomic E-state index is 13.0. The lowest BCUT2D eigenvalue weighted by Crippen LogP contribution is -2.44. The van der Waals surface area contributed by atoms with E-state index in [0.29, 0.717) is 29.9 Å². The number of anilines is 1. The third-order valence-electron chi connectivity index (χ3n) is 7.82. The van der Waals surface area contributed by atoms with Gasteiger partial charge in [0.2, 0.25) is 0 Å². The molecule has 1 aliphatic rings. The van der Waals surface area contributed by atoms with Crippen molar-refractivity contribution in [1.82, 2.24) is 4.90 Å². The molecular weight excluding hydrogens is 580 g/mol. The molecule has 0 aliphatic carbocycles. The molecule has 4 aromatic rings. The fraction of sp³-hybridized carbons (Fsp3) is 0.294. The summed E-state index contributed by atoms with van der Waals surface area (Å²) in [6.45, 7) is 2.78. The lowest BCUT2D eigenvalue weighted by atomic mass is 9.90. The van der Waals surface area contributed by atoms with E-state index in [0.717, 1.165) is 11.1 Å². The van der Waals surface area contributed by atoms with Gasteiger partial charge in [0.15, 0.2) is 6.29 Å².